The molecule has 0 N–H and O–H groups in total. The number of anilines is 1. The predicted octanol–water partition coefficient (Wildman–Crippen LogP) is 0.693. The Bertz CT molecular complexity index is 308. The van der Waals surface area contributed by atoms with Gasteiger partial charge < -0.3 is 4.90 Å². The summed E-state index contributed by atoms with van der Waals surface area (Å²) in [6.07, 6.45) is 5.17. The van der Waals surface area contributed by atoms with Crippen molar-refractivity contribution in [3.63, 3.8) is 0 Å². The van der Waals surface area contributed by atoms with Gasteiger partial charge in [-0.25, -0.2) is 9.97 Å². The topological polar surface area (TPSA) is 41.4 Å². The lowest BCUT2D eigenvalue weighted by Crippen LogP contribution is -2.28. The summed E-state index contributed by atoms with van der Waals surface area (Å²) in [7, 11) is 0. The number of hydrogen-bond donors (Lipinski definition) is 0. The second-order valence-electron chi connectivity index (χ2n) is 2.57. The zero-order valence-electron chi connectivity index (χ0n) is 6.94. The summed E-state index contributed by atoms with van der Waals surface area (Å²) in [6.45, 7) is 3.70. The molecule has 1 aromatic rings. The summed E-state index contributed by atoms with van der Waals surface area (Å²) in [6, 6.07) is 0. The summed E-state index contributed by atoms with van der Waals surface area (Å²) >= 11 is 0. The molecule has 1 aliphatic rings. The summed E-state index contributed by atoms with van der Waals surface area (Å²) < 4.78 is 0. The third-order valence-electron chi connectivity index (χ3n) is 1.85. The van der Waals surface area contributed by atoms with Crippen molar-refractivity contribution in [2.45, 2.75) is 6.92 Å². The fourth-order valence-electron chi connectivity index (χ4n) is 1.22. The van der Waals surface area contributed by atoms with Crippen molar-refractivity contribution >= 4 is 12.0 Å². The van der Waals surface area contributed by atoms with Gasteiger partial charge in [0.2, 0.25) is 0 Å². The largest absolute Gasteiger partial charge is 0.336 e. The maximum absolute atomic E-state index is 4.24. The standard InChI is InChI=1S/C8H10N4/c1-2-12-6-9-5-7-8(12)11-4-3-10-7/h3-5H,2,6H2,1H3. The quantitative estimate of drug-likeness (QED) is 0.610. The van der Waals surface area contributed by atoms with Crippen molar-refractivity contribution < 1.29 is 0 Å². The molecule has 0 saturated carbocycles. The lowest BCUT2D eigenvalue weighted by molar-refractivity contribution is 0.810. The molecular weight excluding hydrogens is 152 g/mol. The number of aliphatic imine (C=N–C) groups is 1. The Morgan fingerprint density at radius 3 is 3.08 bits per heavy atom. The zero-order valence-corrected chi connectivity index (χ0v) is 6.94. The number of nitrogens with zero attached hydrogens (tertiary/aromatic N) is 4. The molecule has 4 heteroatoms. The second-order valence-corrected chi connectivity index (χ2v) is 2.57. The third kappa shape index (κ3) is 1.05. The van der Waals surface area contributed by atoms with E-state index >= 15 is 0 Å². The smallest absolute Gasteiger partial charge is 0.157 e. The van der Waals surface area contributed by atoms with Crippen LogP contribution in [0.3, 0.4) is 0 Å². The summed E-state index contributed by atoms with van der Waals surface area (Å²) in [5.74, 6) is 0.940. The summed E-state index contributed by atoms with van der Waals surface area (Å²) in [5, 5.41) is 0. The van der Waals surface area contributed by atoms with Gasteiger partial charge in [-0.05, 0) is 6.92 Å². The second kappa shape index (κ2) is 2.89. The van der Waals surface area contributed by atoms with Gasteiger partial charge in [-0.3, -0.25) is 4.99 Å². The molecule has 0 aromatic carbocycles. The van der Waals surface area contributed by atoms with Crippen molar-refractivity contribution in [2.75, 3.05) is 18.1 Å². The van der Waals surface area contributed by atoms with Gasteiger partial charge in [-0.1, -0.05) is 0 Å². The lowest BCUT2D eigenvalue weighted by atomic mass is 10.3. The monoisotopic (exact) mass is 162 g/mol. The molecule has 0 radical (unpaired) electrons. The van der Waals surface area contributed by atoms with Gasteiger partial charge in [0.1, 0.15) is 12.4 Å². The van der Waals surface area contributed by atoms with Gasteiger partial charge in [0.15, 0.2) is 5.82 Å². The van der Waals surface area contributed by atoms with Gasteiger partial charge in [0.05, 0.1) is 6.21 Å². The van der Waals surface area contributed by atoms with E-state index in [-0.39, 0.29) is 0 Å². The molecule has 0 spiro atoms. The number of aromatic nitrogens is 2. The van der Waals surface area contributed by atoms with Crippen LogP contribution in [0.2, 0.25) is 0 Å². The van der Waals surface area contributed by atoms with E-state index in [0.29, 0.717) is 6.67 Å². The molecule has 2 rings (SSSR count). The molecule has 4 nitrogen and oxygen atoms in total. The zero-order chi connectivity index (χ0) is 8.39. The maximum atomic E-state index is 4.24. The van der Waals surface area contributed by atoms with Crippen molar-refractivity contribution in [3.05, 3.63) is 18.1 Å². The highest BCUT2D eigenvalue weighted by Crippen LogP contribution is 2.15. The lowest BCUT2D eigenvalue weighted by Gasteiger charge is -2.23. The minimum atomic E-state index is 0.697. The predicted molar refractivity (Wildman–Crippen MR) is 47.5 cm³/mol. The average Bonchev–Trinajstić information content (AvgIpc) is 2.17. The summed E-state index contributed by atoms with van der Waals surface area (Å²) in [4.78, 5) is 14.7. The van der Waals surface area contributed by atoms with E-state index in [2.05, 4.69) is 26.8 Å². The number of hydrogen-bond acceptors (Lipinski definition) is 4. The number of fused-ring (bicyclic) bond motifs is 1. The SMILES string of the molecule is CCN1CN=Cc2nccnc21. The van der Waals surface area contributed by atoms with E-state index in [0.717, 1.165) is 18.1 Å². The van der Waals surface area contributed by atoms with Crippen LogP contribution >= 0.6 is 0 Å². The van der Waals surface area contributed by atoms with E-state index in [9.17, 15) is 0 Å². The fourth-order valence-corrected chi connectivity index (χ4v) is 1.22. The fraction of sp³-hybridized carbons (Fsp3) is 0.375. The van der Waals surface area contributed by atoms with E-state index in [4.69, 9.17) is 0 Å². The van der Waals surface area contributed by atoms with E-state index in [1.807, 2.05) is 0 Å². The van der Waals surface area contributed by atoms with E-state index < -0.39 is 0 Å². The molecule has 0 atom stereocenters. The Hall–Kier alpha value is -1.45. The maximum Gasteiger partial charge on any atom is 0.157 e. The van der Waals surface area contributed by atoms with E-state index in [1.54, 1.807) is 18.6 Å². The molecule has 0 bridgehead atoms. The van der Waals surface area contributed by atoms with Gasteiger partial charge in [0, 0.05) is 18.9 Å². The first kappa shape index (κ1) is 7.21. The highest BCUT2D eigenvalue weighted by Gasteiger charge is 2.13. The molecule has 0 amide bonds. The molecule has 1 aromatic heterocycles. The van der Waals surface area contributed by atoms with Crippen LogP contribution < -0.4 is 4.90 Å². The van der Waals surface area contributed by atoms with E-state index in [1.165, 1.54) is 0 Å². The van der Waals surface area contributed by atoms with Crippen molar-refractivity contribution in [1.82, 2.24) is 9.97 Å². The van der Waals surface area contributed by atoms with Crippen LogP contribution in [0.5, 0.6) is 0 Å². The van der Waals surface area contributed by atoms with Crippen molar-refractivity contribution in [1.29, 1.82) is 0 Å². The van der Waals surface area contributed by atoms with Crippen LogP contribution in [0.1, 0.15) is 12.6 Å². The first-order valence-corrected chi connectivity index (χ1v) is 3.97. The van der Waals surface area contributed by atoms with Crippen LogP contribution in [0.15, 0.2) is 17.4 Å². The van der Waals surface area contributed by atoms with Crippen molar-refractivity contribution in [3.8, 4) is 0 Å². The Morgan fingerprint density at radius 1 is 1.42 bits per heavy atom. The minimum Gasteiger partial charge on any atom is -0.336 e. The van der Waals surface area contributed by atoms with Crippen LogP contribution in [0.25, 0.3) is 0 Å². The number of rotatable bonds is 1. The Kier molecular flexibility index (Phi) is 1.74. The Labute approximate surface area is 71.0 Å². The van der Waals surface area contributed by atoms with Gasteiger partial charge in [-0.2, -0.15) is 0 Å². The molecule has 0 aliphatic carbocycles. The van der Waals surface area contributed by atoms with Crippen LogP contribution in [0.4, 0.5) is 5.82 Å². The van der Waals surface area contributed by atoms with Gasteiger partial charge in [-0.15, -0.1) is 0 Å². The molecule has 0 unspecified atom stereocenters. The highest BCUT2D eigenvalue weighted by atomic mass is 15.3. The van der Waals surface area contributed by atoms with Crippen molar-refractivity contribution in [2.24, 2.45) is 4.99 Å². The van der Waals surface area contributed by atoms with Crippen LogP contribution in [-0.2, 0) is 0 Å². The molecule has 12 heavy (non-hydrogen) atoms. The van der Waals surface area contributed by atoms with Crippen LogP contribution in [-0.4, -0.2) is 29.4 Å². The Morgan fingerprint density at radius 2 is 2.25 bits per heavy atom. The molecule has 1 aliphatic heterocycles. The summed E-state index contributed by atoms with van der Waals surface area (Å²) in [5.41, 5.74) is 0.866. The first-order valence-electron chi connectivity index (χ1n) is 3.97. The van der Waals surface area contributed by atoms with Gasteiger partial charge >= 0.3 is 0 Å². The highest BCUT2D eigenvalue weighted by molar-refractivity contribution is 5.85. The average molecular weight is 162 g/mol. The van der Waals surface area contributed by atoms with Gasteiger partial charge in [0.25, 0.3) is 0 Å². The Balaban J connectivity index is 2.45. The minimum absolute atomic E-state index is 0.697. The molecule has 2 heterocycles. The normalized spacial score (nSPS) is 14.6. The third-order valence-corrected chi connectivity index (χ3v) is 1.85. The van der Waals surface area contributed by atoms with Crippen LogP contribution in [0, 0.1) is 0 Å². The molecule has 62 valence electrons. The first-order chi connectivity index (χ1) is 5.92. The molecule has 0 saturated heterocycles. The molecular formula is C8H10N4. The molecule has 0 fully saturated rings.